The Hall–Kier alpha value is -1.73. The van der Waals surface area contributed by atoms with Crippen molar-refractivity contribution >= 4 is 28.2 Å². The number of aryl methyl sites for hydroxylation is 2. The van der Waals surface area contributed by atoms with Crippen molar-refractivity contribution in [3.63, 3.8) is 0 Å². The van der Waals surface area contributed by atoms with E-state index in [1.165, 1.54) is 0 Å². The molecule has 3 aromatic rings. The molecule has 0 amide bonds. The van der Waals surface area contributed by atoms with Crippen LogP contribution in [0.25, 0.3) is 5.65 Å². The number of rotatable bonds is 5. The van der Waals surface area contributed by atoms with Crippen molar-refractivity contribution in [2.24, 2.45) is 0 Å². The van der Waals surface area contributed by atoms with Crippen molar-refractivity contribution in [2.75, 3.05) is 11.5 Å². The third-order valence-electron chi connectivity index (χ3n) is 3.16. The van der Waals surface area contributed by atoms with Gasteiger partial charge in [0.2, 0.25) is 0 Å². The van der Waals surface area contributed by atoms with E-state index < -0.39 is 10.8 Å². The summed E-state index contributed by atoms with van der Waals surface area (Å²) in [5.74, 6) is 2.17. The topological polar surface area (TPSA) is 60.2 Å². The second-order valence-electron chi connectivity index (χ2n) is 4.83. The first-order chi connectivity index (χ1) is 10.6. The zero-order valence-corrected chi connectivity index (χ0v) is 14.0. The number of hydrogen-bond acceptors (Lipinski definition) is 5. The highest BCUT2D eigenvalue weighted by atomic mass is 32.2. The molecule has 0 spiro atoms. The molecule has 0 unspecified atom stereocenters. The molecule has 0 aliphatic rings. The Morgan fingerprint density at radius 2 is 1.95 bits per heavy atom. The van der Waals surface area contributed by atoms with Gasteiger partial charge in [0.25, 0.3) is 0 Å². The maximum atomic E-state index is 12.2. The molecule has 0 saturated carbocycles. The second kappa shape index (κ2) is 6.58. The third-order valence-corrected chi connectivity index (χ3v) is 5.73. The van der Waals surface area contributed by atoms with Crippen molar-refractivity contribution in [3.8, 4) is 0 Å². The average molecular weight is 332 g/mol. The normalized spacial score (nSPS) is 12.6. The molecule has 1 aromatic carbocycles. The largest absolute Gasteiger partial charge is 0.258 e. The molecule has 0 fully saturated rings. The summed E-state index contributed by atoms with van der Waals surface area (Å²) < 4.78 is 14.1. The number of nitrogens with zero attached hydrogens (tertiary/aromatic N) is 4. The molecule has 7 heteroatoms. The lowest BCUT2D eigenvalue weighted by atomic mass is 10.4. The SMILES string of the molecule is Cc1cc2nnc(SCC[S@](=O)c3ccccc3)n2c(C)n1. The minimum Gasteiger partial charge on any atom is -0.258 e. The molecule has 3 rings (SSSR count). The van der Waals surface area contributed by atoms with E-state index in [1.807, 2.05) is 54.6 Å². The van der Waals surface area contributed by atoms with Gasteiger partial charge in [0.15, 0.2) is 10.8 Å². The van der Waals surface area contributed by atoms with E-state index in [9.17, 15) is 4.21 Å². The maximum absolute atomic E-state index is 12.2. The highest BCUT2D eigenvalue weighted by molar-refractivity contribution is 8.00. The van der Waals surface area contributed by atoms with Crippen LogP contribution in [0.3, 0.4) is 0 Å². The lowest BCUT2D eigenvalue weighted by molar-refractivity contribution is 0.684. The van der Waals surface area contributed by atoms with Crippen LogP contribution in [0.4, 0.5) is 0 Å². The molecule has 2 aromatic heterocycles. The van der Waals surface area contributed by atoms with E-state index in [1.54, 1.807) is 11.8 Å². The van der Waals surface area contributed by atoms with E-state index in [-0.39, 0.29) is 0 Å². The van der Waals surface area contributed by atoms with Crippen LogP contribution in [-0.4, -0.2) is 35.3 Å². The number of fused-ring (bicyclic) bond motifs is 1. The van der Waals surface area contributed by atoms with E-state index in [4.69, 9.17) is 0 Å². The van der Waals surface area contributed by atoms with Gasteiger partial charge in [0, 0.05) is 28.2 Å². The van der Waals surface area contributed by atoms with Gasteiger partial charge in [-0.25, -0.2) is 4.98 Å². The van der Waals surface area contributed by atoms with Gasteiger partial charge >= 0.3 is 0 Å². The molecule has 5 nitrogen and oxygen atoms in total. The van der Waals surface area contributed by atoms with E-state index in [2.05, 4.69) is 15.2 Å². The number of benzene rings is 1. The van der Waals surface area contributed by atoms with Crippen molar-refractivity contribution in [1.82, 2.24) is 19.6 Å². The van der Waals surface area contributed by atoms with Gasteiger partial charge in [-0.05, 0) is 26.0 Å². The molecule has 0 bridgehead atoms. The second-order valence-corrected chi connectivity index (χ2v) is 7.46. The van der Waals surface area contributed by atoms with E-state index in [0.717, 1.165) is 33.0 Å². The van der Waals surface area contributed by atoms with Crippen LogP contribution in [0.15, 0.2) is 46.5 Å². The van der Waals surface area contributed by atoms with Crippen LogP contribution in [0.2, 0.25) is 0 Å². The molecule has 0 aliphatic carbocycles. The van der Waals surface area contributed by atoms with Gasteiger partial charge < -0.3 is 0 Å². The van der Waals surface area contributed by atoms with Crippen molar-refractivity contribution in [1.29, 1.82) is 0 Å². The van der Waals surface area contributed by atoms with Crippen LogP contribution in [0.5, 0.6) is 0 Å². The summed E-state index contributed by atoms with van der Waals surface area (Å²) in [6, 6.07) is 11.4. The van der Waals surface area contributed by atoms with Crippen LogP contribution in [0.1, 0.15) is 11.5 Å². The smallest absolute Gasteiger partial charge is 0.197 e. The van der Waals surface area contributed by atoms with Gasteiger partial charge in [0.05, 0.1) is 10.8 Å². The quantitative estimate of drug-likeness (QED) is 0.672. The Balaban J connectivity index is 1.69. The predicted octanol–water partition coefficient (Wildman–Crippen LogP) is 2.64. The van der Waals surface area contributed by atoms with Crippen molar-refractivity contribution in [2.45, 2.75) is 23.9 Å². The monoisotopic (exact) mass is 332 g/mol. The van der Waals surface area contributed by atoms with Gasteiger partial charge in [0.1, 0.15) is 5.82 Å². The van der Waals surface area contributed by atoms with Crippen LogP contribution >= 0.6 is 11.8 Å². The molecule has 1 atom stereocenters. The lowest BCUT2D eigenvalue weighted by Crippen LogP contribution is -2.02. The van der Waals surface area contributed by atoms with Crippen LogP contribution < -0.4 is 0 Å². The van der Waals surface area contributed by atoms with E-state index >= 15 is 0 Å². The Labute approximate surface area is 135 Å². The highest BCUT2D eigenvalue weighted by Crippen LogP contribution is 2.19. The van der Waals surface area contributed by atoms with Crippen molar-refractivity contribution in [3.05, 3.63) is 47.9 Å². The Bertz CT molecular complexity index is 817. The van der Waals surface area contributed by atoms with Gasteiger partial charge in [-0.15, -0.1) is 10.2 Å². The molecule has 0 aliphatic heterocycles. The molecular formula is C15H16N4OS2. The summed E-state index contributed by atoms with van der Waals surface area (Å²) in [6.07, 6.45) is 0. The Morgan fingerprint density at radius 1 is 1.18 bits per heavy atom. The van der Waals surface area contributed by atoms with Gasteiger partial charge in [-0.1, -0.05) is 30.0 Å². The molecule has 2 heterocycles. The zero-order chi connectivity index (χ0) is 15.5. The number of thioether (sulfide) groups is 1. The molecule has 0 saturated heterocycles. The van der Waals surface area contributed by atoms with Gasteiger partial charge in [-0.3, -0.25) is 8.61 Å². The van der Waals surface area contributed by atoms with Crippen LogP contribution in [0, 0.1) is 13.8 Å². The molecule has 114 valence electrons. The summed E-state index contributed by atoms with van der Waals surface area (Å²) >= 11 is 1.56. The average Bonchev–Trinajstić information content (AvgIpc) is 2.91. The van der Waals surface area contributed by atoms with E-state index in [0.29, 0.717) is 5.75 Å². The summed E-state index contributed by atoms with van der Waals surface area (Å²) in [5.41, 5.74) is 1.73. The van der Waals surface area contributed by atoms with Gasteiger partial charge in [-0.2, -0.15) is 0 Å². The minimum atomic E-state index is -0.982. The van der Waals surface area contributed by atoms with Crippen LogP contribution in [-0.2, 0) is 10.8 Å². The first-order valence-corrected chi connectivity index (χ1v) is 9.21. The summed E-state index contributed by atoms with van der Waals surface area (Å²) in [7, 11) is -0.982. The fourth-order valence-corrected chi connectivity index (χ4v) is 4.47. The standard InChI is InChI=1S/C15H16N4OS2/c1-11-10-14-17-18-15(19(14)12(2)16-11)21-8-9-22(20)13-6-4-3-5-7-13/h3-7,10H,8-9H2,1-2H3/t22-/m0/s1. The molecule has 0 radical (unpaired) electrons. The predicted molar refractivity (Wildman–Crippen MR) is 88.7 cm³/mol. The third kappa shape index (κ3) is 3.20. The number of aromatic nitrogens is 4. The molecule has 0 N–H and O–H groups in total. The molecular weight excluding hydrogens is 316 g/mol. The summed E-state index contributed by atoms with van der Waals surface area (Å²) in [6.45, 7) is 3.88. The number of hydrogen-bond donors (Lipinski definition) is 0. The fourth-order valence-electron chi connectivity index (χ4n) is 2.20. The van der Waals surface area contributed by atoms with Crippen molar-refractivity contribution < 1.29 is 4.21 Å². The summed E-state index contributed by atoms with van der Waals surface area (Å²) in [5, 5.41) is 9.17. The maximum Gasteiger partial charge on any atom is 0.197 e. The lowest BCUT2D eigenvalue weighted by Gasteiger charge is -2.04. The first-order valence-electron chi connectivity index (χ1n) is 6.91. The summed E-state index contributed by atoms with van der Waals surface area (Å²) in [4.78, 5) is 5.30. The fraction of sp³-hybridized carbons (Fsp3) is 0.267. The Kier molecular flexibility index (Phi) is 4.54. The zero-order valence-electron chi connectivity index (χ0n) is 12.4. The first kappa shape index (κ1) is 15.2. The Morgan fingerprint density at radius 3 is 2.73 bits per heavy atom. The molecule has 22 heavy (non-hydrogen) atoms. The minimum absolute atomic E-state index is 0.585. The highest BCUT2D eigenvalue weighted by Gasteiger charge is 2.11.